The number of methoxy groups -OCH3 is 1. The van der Waals surface area contributed by atoms with Crippen molar-refractivity contribution in [2.45, 2.75) is 38.4 Å². The monoisotopic (exact) mass is 252 g/mol. The van der Waals surface area contributed by atoms with Gasteiger partial charge < -0.3 is 14.9 Å². The molecule has 4 nitrogen and oxygen atoms in total. The van der Waals surface area contributed by atoms with Crippen molar-refractivity contribution in [3.8, 4) is 0 Å². The maximum absolute atomic E-state index is 11.1. The molecule has 1 rings (SSSR count). The zero-order chi connectivity index (χ0) is 13.8. The molecule has 0 bridgehead atoms. The molecule has 0 saturated heterocycles. The van der Waals surface area contributed by atoms with Crippen molar-refractivity contribution in [3.63, 3.8) is 0 Å². The molecule has 2 N–H and O–H groups in total. The van der Waals surface area contributed by atoms with Crippen LogP contribution in [-0.4, -0.2) is 28.9 Å². The number of hydrogen-bond donors (Lipinski definition) is 2. The van der Waals surface area contributed by atoms with Crippen LogP contribution in [0.15, 0.2) is 24.3 Å². The van der Waals surface area contributed by atoms with Crippen LogP contribution in [0.3, 0.4) is 0 Å². The molecule has 4 heteroatoms. The maximum atomic E-state index is 11.1. The van der Waals surface area contributed by atoms with Crippen LogP contribution in [0.2, 0.25) is 0 Å². The Morgan fingerprint density at radius 1 is 1.33 bits per heavy atom. The lowest BCUT2D eigenvalue weighted by Crippen LogP contribution is -2.19. The molecular weight excluding hydrogens is 232 g/mol. The van der Waals surface area contributed by atoms with E-state index in [1.165, 1.54) is 7.11 Å². The third kappa shape index (κ3) is 4.47. The van der Waals surface area contributed by atoms with E-state index >= 15 is 0 Å². The second-order valence-corrected chi connectivity index (χ2v) is 4.98. The highest BCUT2D eigenvalue weighted by molar-refractivity contribution is 5.76. The van der Waals surface area contributed by atoms with Gasteiger partial charge in [0.05, 0.1) is 12.7 Å². The van der Waals surface area contributed by atoms with Crippen LogP contribution in [0.5, 0.6) is 0 Å². The van der Waals surface area contributed by atoms with Gasteiger partial charge in [-0.2, -0.15) is 0 Å². The Kier molecular flexibility index (Phi) is 4.87. The lowest BCUT2D eigenvalue weighted by Gasteiger charge is -2.16. The second kappa shape index (κ2) is 5.98. The van der Waals surface area contributed by atoms with Gasteiger partial charge in [-0.3, -0.25) is 0 Å². The maximum Gasteiger partial charge on any atom is 0.339 e. The highest BCUT2D eigenvalue weighted by Crippen LogP contribution is 2.17. The van der Waals surface area contributed by atoms with Gasteiger partial charge in [0.15, 0.2) is 6.10 Å². The van der Waals surface area contributed by atoms with Crippen LogP contribution >= 0.6 is 0 Å². The highest BCUT2D eigenvalue weighted by Gasteiger charge is 2.17. The van der Waals surface area contributed by atoms with Gasteiger partial charge in [0, 0.05) is 0 Å². The topological polar surface area (TPSA) is 66.8 Å². The Labute approximate surface area is 107 Å². The molecule has 0 aliphatic heterocycles. The first kappa shape index (κ1) is 14.7. The fourth-order valence-corrected chi connectivity index (χ4v) is 1.56. The fourth-order valence-electron chi connectivity index (χ4n) is 1.56. The van der Waals surface area contributed by atoms with Gasteiger partial charge in [-0.1, -0.05) is 24.3 Å². The van der Waals surface area contributed by atoms with Crippen LogP contribution in [0.1, 0.15) is 37.5 Å². The molecule has 1 aromatic carbocycles. The van der Waals surface area contributed by atoms with Gasteiger partial charge >= 0.3 is 5.97 Å². The summed E-state index contributed by atoms with van der Waals surface area (Å²) >= 11 is 0. The first-order chi connectivity index (χ1) is 8.33. The summed E-state index contributed by atoms with van der Waals surface area (Å²) in [6.07, 6.45) is 0.169. The summed E-state index contributed by atoms with van der Waals surface area (Å²) in [5.41, 5.74) is 0.872. The van der Waals surface area contributed by atoms with E-state index in [1.54, 1.807) is 26.0 Å². The van der Waals surface area contributed by atoms with Gasteiger partial charge in [-0.25, -0.2) is 4.79 Å². The third-order valence-electron chi connectivity index (χ3n) is 2.75. The summed E-state index contributed by atoms with van der Waals surface area (Å²) in [5, 5.41) is 19.2. The van der Waals surface area contributed by atoms with E-state index in [4.69, 9.17) is 0 Å². The van der Waals surface area contributed by atoms with Crippen molar-refractivity contribution in [1.29, 1.82) is 0 Å². The van der Waals surface area contributed by atoms with Crippen LogP contribution in [-0.2, 0) is 16.0 Å². The van der Waals surface area contributed by atoms with Gasteiger partial charge in [0.1, 0.15) is 0 Å². The number of aliphatic hydroxyl groups excluding tert-OH is 1. The van der Waals surface area contributed by atoms with Gasteiger partial charge in [0.25, 0.3) is 0 Å². The quantitative estimate of drug-likeness (QED) is 0.781. The summed E-state index contributed by atoms with van der Waals surface area (Å²) < 4.78 is 4.47. The van der Waals surface area contributed by atoms with E-state index in [0.717, 1.165) is 12.0 Å². The van der Waals surface area contributed by atoms with Crippen molar-refractivity contribution < 1.29 is 19.7 Å². The smallest absolute Gasteiger partial charge is 0.339 e. The molecule has 1 unspecified atom stereocenters. The van der Waals surface area contributed by atoms with Crippen LogP contribution in [0, 0.1) is 0 Å². The normalized spacial score (nSPS) is 13.2. The Bertz CT molecular complexity index is 389. The van der Waals surface area contributed by atoms with E-state index in [9.17, 15) is 15.0 Å². The molecule has 0 heterocycles. The number of ether oxygens (including phenoxy) is 1. The Balaban J connectivity index is 2.65. The molecule has 1 aromatic rings. The zero-order valence-corrected chi connectivity index (χ0v) is 11.0. The first-order valence-corrected chi connectivity index (χ1v) is 5.90. The minimum atomic E-state index is -1.24. The van der Waals surface area contributed by atoms with Crippen molar-refractivity contribution in [1.82, 2.24) is 0 Å². The number of hydrogen-bond acceptors (Lipinski definition) is 4. The number of rotatable bonds is 5. The van der Waals surface area contributed by atoms with Crippen LogP contribution in [0.4, 0.5) is 0 Å². The number of carbonyl (C=O) groups excluding carboxylic acids is 1. The Hall–Kier alpha value is -1.39. The lowest BCUT2D eigenvalue weighted by atomic mass is 9.97. The number of aryl methyl sites for hydroxylation is 1. The Morgan fingerprint density at radius 2 is 1.89 bits per heavy atom. The highest BCUT2D eigenvalue weighted by atomic mass is 16.5. The molecule has 0 aliphatic rings. The molecular formula is C14H20O4. The average molecular weight is 252 g/mol. The van der Waals surface area contributed by atoms with Gasteiger partial charge in [-0.05, 0) is 37.8 Å². The van der Waals surface area contributed by atoms with Crippen molar-refractivity contribution >= 4 is 5.97 Å². The molecule has 0 radical (unpaired) electrons. The fraction of sp³-hybridized carbons (Fsp3) is 0.500. The summed E-state index contributed by atoms with van der Waals surface area (Å²) in [6.45, 7) is 3.53. The lowest BCUT2D eigenvalue weighted by molar-refractivity contribution is -0.150. The Morgan fingerprint density at radius 3 is 2.33 bits per heavy atom. The number of esters is 1. The number of aliphatic hydroxyl groups is 2. The van der Waals surface area contributed by atoms with Crippen molar-refractivity contribution in [2.75, 3.05) is 7.11 Å². The number of benzene rings is 1. The van der Waals surface area contributed by atoms with E-state index < -0.39 is 17.7 Å². The largest absolute Gasteiger partial charge is 0.467 e. The molecule has 0 spiro atoms. The summed E-state index contributed by atoms with van der Waals surface area (Å²) in [7, 11) is 1.24. The molecule has 1 atom stereocenters. The van der Waals surface area contributed by atoms with Crippen molar-refractivity contribution in [2.24, 2.45) is 0 Å². The molecule has 100 valence electrons. The van der Waals surface area contributed by atoms with E-state index in [-0.39, 0.29) is 0 Å². The molecule has 0 aromatic heterocycles. The summed E-state index contributed by atoms with van der Waals surface area (Å²) in [5.74, 6) is -0.667. The molecule has 0 amide bonds. The molecule has 0 saturated carbocycles. The molecule has 0 aliphatic carbocycles. The predicted molar refractivity (Wildman–Crippen MR) is 68.0 cm³/mol. The molecule has 0 fully saturated rings. The SMILES string of the molecule is COC(=O)C(O)c1ccc(CCC(C)(C)O)cc1. The van der Waals surface area contributed by atoms with Crippen LogP contribution < -0.4 is 0 Å². The van der Waals surface area contributed by atoms with E-state index in [1.807, 2.05) is 12.1 Å². The predicted octanol–water partition coefficient (Wildman–Crippen LogP) is 1.60. The van der Waals surface area contributed by atoms with Crippen molar-refractivity contribution in [3.05, 3.63) is 35.4 Å². The second-order valence-electron chi connectivity index (χ2n) is 4.98. The summed E-state index contributed by atoms with van der Waals surface area (Å²) in [6, 6.07) is 7.07. The van der Waals surface area contributed by atoms with E-state index in [2.05, 4.69) is 4.74 Å². The minimum absolute atomic E-state index is 0.508. The average Bonchev–Trinajstić information content (AvgIpc) is 2.34. The standard InChI is InChI=1S/C14H20O4/c1-14(2,17)9-8-10-4-6-11(7-5-10)12(15)13(16)18-3/h4-7,12,15,17H,8-9H2,1-3H3. The molecule has 18 heavy (non-hydrogen) atoms. The minimum Gasteiger partial charge on any atom is -0.467 e. The van der Waals surface area contributed by atoms with Crippen LogP contribution in [0.25, 0.3) is 0 Å². The van der Waals surface area contributed by atoms with E-state index in [0.29, 0.717) is 12.0 Å². The third-order valence-corrected chi connectivity index (χ3v) is 2.75. The van der Waals surface area contributed by atoms with Gasteiger partial charge in [0.2, 0.25) is 0 Å². The van der Waals surface area contributed by atoms with Gasteiger partial charge in [-0.15, -0.1) is 0 Å². The first-order valence-electron chi connectivity index (χ1n) is 5.90. The zero-order valence-electron chi connectivity index (χ0n) is 11.0. The summed E-state index contributed by atoms with van der Waals surface area (Å²) in [4.78, 5) is 11.1. The number of carbonyl (C=O) groups is 1.